The lowest BCUT2D eigenvalue weighted by molar-refractivity contribution is -0.115. The number of pyridine rings is 2. The third-order valence-electron chi connectivity index (χ3n) is 7.01. The molecular formula is C29H27N7O2S. The minimum absolute atomic E-state index is 0.351. The first kappa shape index (κ1) is 25.1. The SMILES string of the molecule is O=C1NC(=O)/C(=C\c2ccnc(N3CCC(CNCc4ccnc(-c5cncc6ccccc56)c4)CC3)n2)S1. The summed E-state index contributed by atoms with van der Waals surface area (Å²) < 4.78 is 0. The molecule has 2 saturated heterocycles. The Morgan fingerprint density at radius 2 is 1.90 bits per heavy atom. The van der Waals surface area contributed by atoms with E-state index in [1.54, 1.807) is 18.3 Å². The van der Waals surface area contributed by atoms with Gasteiger partial charge in [-0.2, -0.15) is 0 Å². The van der Waals surface area contributed by atoms with Gasteiger partial charge in [0.25, 0.3) is 11.1 Å². The summed E-state index contributed by atoms with van der Waals surface area (Å²) in [5, 5.41) is 7.80. The van der Waals surface area contributed by atoms with Crippen molar-refractivity contribution in [3.8, 4) is 11.3 Å². The molecule has 2 aliphatic rings. The molecule has 39 heavy (non-hydrogen) atoms. The fourth-order valence-electron chi connectivity index (χ4n) is 4.96. The van der Waals surface area contributed by atoms with Crippen molar-refractivity contribution in [3.63, 3.8) is 0 Å². The zero-order valence-corrected chi connectivity index (χ0v) is 22.0. The maximum atomic E-state index is 11.8. The lowest BCUT2D eigenvalue weighted by atomic mass is 9.97. The summed E-state index contributed by atoms with van der Waals surface area (Å²) >= 11 is 0.890. The normalized spacial score (nSPS) is 17.2. The van der Waals surface area contributed by atoms with Gasteiger partial charge in [0, 0.05) is 55.4 Å². The number of carbonyl (C=O) groups is 2. The van der Waals surface area contributed by atoms with Gasteiger partial charge in [0.05, 0.1) is 16.3 Å². The average molecular weight is 538 g/mol. The zero-order valence-electron chi connectivity index (χ0n) is 21.2. The van der Waals surface area contributed by atoms with Gasteiger partial charge in [-0.25, -0.2) is 9.97 Å². The molecule has 0 radical (unpaired) electrons. The van der Waals surface area contributed by atoms with Crippen molar-refractivity contribution in [2.24, 2.45) is 5.92 Å². The summed E-state index contributed by atoms with van der Waals surface area (Å²) in [6.07, 6.45) is 11.0. The quantitative estimate of drug-likeness (QED) is 0.331. The molecule has 9 nitrogen and oxygen atoms in total. The van der Waals surface area contributed by atoms with Crippen LogP contribution in [0.15, 0.2) is 72.2 Å². The van der Waals surface area contributed by atoms with Crippen LogP contribution in [0.4, 0.5) is 10.7 Å². The molecule has 3 aromatic heterocycles. The number of amides is 2. The summed E-state index contributed by atoms with van der Waals surface area (Å²) in [5.74, 6) is 0.837. The topological polar surface area (TPSA) is 113 Å². The number of nitrogens with zero attached hydrogens (tertiary/aromatic N) is 5. The second-order valence-corrected chi connectivity index (χ2v) is 10.7. The average Bonchev–Trinajstić information content (AvgIpc) is 3.29. The van der Waals surface area contributed by atoms with Crippen molar-refractivity contribution in [2.45, 2.75) is 19.4 Å². The summed E-state index contributed by atoms with van der Waals surface area (Å²) in [6.45, 7) is 3.46. The first-order valence-electron chi connectivity index (χ1n) is 12.9. The van der Waals surface area contributed by atoms with Gasteiger partial charge in [-0.3, -0.25) is 24.9 Å². The molecule has 1 aromatic carbocycles. The standard InChI is InChI=1S/C29H27N7O2S/c37-27-26(39-29(38)35-27)14-22-6-10-33-28(34-22)36-11-7-19(8-12-36)15-30-16-20-5-9-32-25(13-20)24-18-31-17-21-3-1-2-4-23(21)24/h1-6,9-10,13-14,17-19,30H,7-8,11-12,15-16H2,(H,35,37,38)/b26-14+. The van der Waals surface area contributed by atoms with Gasteiger partial charge in [0.1, 0.15) is 0 Å². The summed E-state index contributed by atoms with van der Waals surface area (Å²) in [7, 11) is 0. The number of rotatable bonds is 7. The van der Waals surface area contributed by atoms with Crippen molar-refractivity contribution < 1.29 is 9.59 Å². The van der Waals surface area contributed by atoms with E-state index in [-0.39, 0.29) is 11.1 Å². The van der Waals surface area contributed by atoms with Crippen LogP contribution in [0.2, 0.25) is 0 Å². The van der Waals surface area contributed by atoms with Crippen molar-refractivity contribution >= 4 is 45.7 Å². The Hall–Kier alpha value is -4.15. The number of piperidine rings is 1. The van der Waals surface area contributed by atoms with Crippen LogP contribution in [0, 0.1) is 5.92 Å². The fourth-order valence-corrected chi connectivity index (χ4v) is 5.63. The van der Waals surface area contributed by atoms with Crippen LogP contribution >= 0.6 is 11.8 Å². The molecule has 2 fully saturated rings. The van der Waals surface area contributed by atoms with Crippen LogP contribution < -0.4 is 15.5 Å². The molecular weight excluding hydrogens is 510 g/mol. The van der Waals surface area contributed by atoms with Crippen molar-refractivity contribution in [2.75, 3.05) is 24.5 Å². The summed E-state index contributed by atoms with van der Waals surface area (Å²) in [4.78, 5) is 43.8. The molecule has 196 valence electrons. The van der Waals surface area contributed by atoms with Gasteiger partial charge in [-0.1, -0.05) is 24.3 Å². The van der Waals surface area contributed by atoms with E-state index in [1.807, 2.05) is 30.7 Å². The third-order valence-corrected chi connectivity index (χ3v) is 7.82. The van der Waals surface area contributed by atoms with Gasteiger partial charge in [0.15, 0.2) is 0 Å². The Bertz CT molecular complexity index is 1560. The second-order valence-electron chi connectivity index (χ2n) is 9.65. The highest BCUT2D eigenvalue weighted by Crippen LogP contribution is 2.27. The van der Waals surface area contributed by atoms with E-state index in [0.29, 0.717) is 22.5 Å². The number of thioether (sulfide) groups is 1. The van der Waals surface area contributed by atoms with Crippen LogP contribution in [0.5, 0.6) is 0 Å². The van der Waals surface area contributed by atoms with Crippen molar-refractivity contribution in [3.05, 3.63) is 83.4 Å². The number of fused-ring (bicyclic) bond motifs is 1. The van der Waals surface area contributed by atoms with Crippen LogP contribution in [0.25, 0.3) is 28.1 Å². The highest BCUT2D eigenvalue weighted by Gasteiger charge is 2.25. The Kier molecular flexibility index (Phi) is 7.29. The van der Waals surface area contributed by atoms with E-state index in [1.165, 1.54) is 5.56 Å². The predicted molar refractivity (Wildman–Crippen MR) is 153 cm³/mol. The van der Waals surface area contributed by atoms with E-state index in [9.17, 15) is 9.59 Å². The van der Waals surface area contributed by atoms with E-state index in [4.69, 9.17) is 0 Å². The van der Waals surface area contributed by atoms with E-state index >= 15 is 0 Å². The number of carbonyl (C=O) groups excluding carboxylic acids is 2. The molecule has 0 spiro atoms. The van der Waals surface area contributed by atoms with Crippen LogP contribution in [0.3, 0.4) is 0 Å². The summed E-state index contributed by atoms with van der Waals surface area (Å²) in [6, 6.07) is 14.2. The maximum absolute atomic E-state index is 11.8. The minimum Gasteiger partial charge on any atom is -0.341 e. The number of imide groups is 1. The number of aromatic nitrogens is 4. The molecule has 0 bridgehead atoms. The Balaban J connectivity index is 1.02. The van der Waals surface area contributed by atoms with Crippen LogP contribution in [-0.4, -0.2) is 50.7 Å². The monoisotopic (exact) mass is 537 g/mol. The highest BCUT2D eigenvalue weighted by atomic mass is 32.2. The van der Waals surface area contributed by atoms with E-state index < -0.39 is 0 Å². The molecule has 0 unspecified atom stereocenters. The van der Waals surface area contributed by atoms with Crippen molar-refractivity contribution in [1.29, 1.82) is 0 Å². The number of nitrogens with one attached hydrogen (secondary N) is 2. The zero-order chi connectivity index (χ0) is 26.6. The maximum Gasteiger partial charge on any atom is 0.290 e. The number of benzene rings is 1. The first-order valence-corrected chi connectivity index (χ1v) is 13.8. The smallest absolute Gasteiger partial charge is 0.290 e. The summed E-state index contributed by atoms with van der Waals surface area (Å²) in [5.41, 5.74) is 3.79. The third kappa shape index (κ3) is 5.81. The number of anilines is 1. The second kappa shape index (κ2) is 11.3. The van der Waals surface area contributed by atoms with Gasteiger partial charge in [0.2, 0.25) is 5.95 Å². The molecule has 2 amide bonds. The van der Waals surface area contributed by atoms with Crippen LogP contribution in [-0.2, 0) is 11.3 Å². The van der Waals surface area contributed by atoms with Gasteiger partial charge in [-0.05, 0) is 72.3 Å². The molecule has 2 N–H and O–H groups in total. The molecule has 2 aliphatic heterocycles. The lowest BCUT2D eigenvalue weighted by Crippen LogP contribution is -2.38. The van der Waals surface area contributed by atoms with Gasteiger partial charge >= 0.3 is 0 Å². The molecule has 0 saturated carbocycles. The highest BCUT2D eigenvalue weighted by molar-refractivity contribution is 8.18. The lowest BCUT2D eigenvalue weighted by Gasteiger charge is -2.32. The molecule has 0 aliphatic carbocycles. The number of hydrogen-bond acceptors (Lipinski definition) is 9. The van der Waals surface area contributed by atoms with Crippen molar-refractivity contribution in [1.82, 2.24) is 30.6 Å². The molecule has 0 atom stereocenters. The first-order chi connectivity index (χ1) is 19.1. The molecule has 5 heterocycles. The number of hydrogen-bond donors (Lipinski definition) is 2. The van der Waals surface area contributed by atoms with E-state index in [2.05, 4.69) is 59.7 Å². The molecule has 6 rings (SSSR count). The Labute approximate surface area is 230 Å². The van der Waals surface area contributed by atoms with Crippen LogP contribution in [0.1, 0.15) is 24.1 Å². The predicted octanol–water partition coefficient (Wildman–Crippen LogP) is 4.42. The Morgan fingerprint density at radius 1 is 1.05 bits per heavy atom. The van der Waals surface area contributed by atoms with E-state index in [0.717, 1.165) is 72.8 Å². The van der Waals surface area contributed by atoms with Gasteiger partial charge in [-0.15, -0.1) is 0 Å². The molecule has 10 heteroatoms. The van der Waals surface area contributed by atoms with Gasteiger partial charge < -0.3 is 10.2 Å². The fraction of sp³-hybridized carbons (Fsp3) is 0.241. The largest absolute Gasteiger partial charge is 0.341 e. The molecule has 4 aromatic rings. The Morgan fingerprint density at radius 3 is 2.74 bits per heavy atom. The minimum atomic E-state index is -0.382.